The highest BCUT2D eigenvalue weighted by Gasteiger charge is 2.12. The predicted octanol–water partition coefficient (Wildman–Crippen LogP) is 1.59. The summed E-state index contributed by atoms with van der Waals surface area (Å²) in [5.74, 6) is -0.625. The average Bonchev–Trinajstić information content (AvgIpc) is 2.16. The molecular formula is C11H12FNO2. The summed E-state index contributed by atoms with van der Waals surface area (Å²) in [6, 6.07) is 5.40. The Kier molecular flexibility index (Phi) is 3.97. The van der Waals surface area contributed by atoms with Gasteiger partial charge in [0.2, 0.25) is 5.91 Å². The molecule has 0 fully saturated rings. The van der Waals surface area contributed by atoms with Crippen LogP contribution in [0.15, 0.2) is 24.3 Å². The molecule has 0 aromatic heterocycles. The summed E-state index contributed by atoms with van der Waals surface area (Å²) in [5.41, 5.74) is 0.595. The van der Waals surface area contributed by atoms with Gasteiger partial charge >= 0.3 is 0 Å². The van der Waals surface area contributed by atoms with Crippen LogP contribution in [0.2, 0.25) is 0 Å². The molecule has 1 atom stereocenters. The van der Waals surface area contributed by atoms with Gasteiger partial charge in [0.05, 0.1) is 6.04 Å². The van der Waals surface area contributed by atoms with Crippen molar-refractivity contribution in [1.82, 2.24) is 5.32 Å². The Bertz CT molecular complexity index is 365. The van der Waals surface area contributed by atoms with Crippen molar-refractivity contribution in [2.24, 2.45) is 0 Å². The number of rotatable bonds is 4. The highest BCUT2D eigenvalue weighted by atomic mass is 19.1. The second-order valence-corrected chi connectivity index (χ2v) is 3.21. The lowest BCUT2D eigenvalue weighted by Crippen LogP contribution is -2.26. The van der Waals surface area contributed by atoms with E-state index in [0.29, 0.717) is 11.8 Å². The topological polar surface area (TPSA) is 46.2 Å². The molecule has 1 unspecified atom stereocenters. The number of carbonyl (C=O) groups is 2. The van der Waals surface area contributed by atoms with Crippen molar-refractivity contribution in [3.8, 4) is 0 Å². The quantitative estimate of drug-likeness (QED) is 0.765. The first-order chi connectivity index (χ1) is 7.13. The molecule has 0 heterocycles. The Labute approximate surface area is 87.3 Å². The van der Waals surface area contributed by atoms with E-state index in [-0.39, 0.29) is 18.1 Å². The van der Waals surface area contributed by atoms with E-state index < -0.39 is 6.04 Å². The minimum atomic E-state index is -0.448. The van der Waals surface area contributed by atoms with Crippen LogP contribution in [0.25, 0.3) is 0 Å². The van der Waals surface area contributed by atoms with Gasteiger partial charge in [-0.1, -0.05) is 12.1 Å². The SMILES string of the molecule is CC(=O)NC(CC=O)c1cccc(F)c1. The monoisotopic (exact) mass is 209 g/mol. The number of halogens is 1. The van der Waals surface area contributed by atoms with E-state index in [1.54, 1.807) is 12.1 Å². The Balaban J connectivity index is 2.87. The van der Waals surface area contributed by atoms with Crippen molar-refractivity contribution in [3.05, 3.63) is 35.6 Å². The molecule has 0 aliphatic carbocycles. The summed E-state index contributed by atoms with van der Waals surface area (Å²) < 4.78 is 12.9. The smallest absolute Gasteiger partial charge is 0.217 e. The fourth-order valence-corrected chi connectivity index (χ4v) is 1.34. The first kappa shape index (κ1) is 11.4. The van der Waals surface area contributed by atoms with Gasteiger partial charge in [-0.05, 0) is 17.7 Å². The molecule has 0 saturated carbocycles. The molecule has 4 heteroatoms. The Hall–Kier alpha value is -1.71. The zero-order valence-electron chi connectivity index (χ0n) is 8.37. The maximum Gasteiger partial charge on any atom is 0.217 e. The van der Waals surface area contributed by atoms with Gasteiger partial charge in [0.1, 0.15) is 12.1 Å². The Morgan fingerprint density at radius 1 is 1.60 bits per heavy atom. The van der Waals surface area contributed by atoms with E-state index in [2.05, 4.69) is 5.32 Å². The van der Waals surface area contributed by atoms with Gasteiger partial charge in [0.25, 0.3) is 0 Å². The van der Waals surface area contributed by atoms with Crippen molar-refractivity contribution < 1.29 is 14.0 Å². The highest BCUT2D eigenvalue weighted by Crippen LogP contribution is 2.16. The standard InChI is InChI=1S/C11H12FNO2/c1-8(15)13-11(5-6-14)9-3-2-4-10(12)7-9/h2-4,6-7,11H,5H2,1H3,(H,13,15). The Morgan fingerprint density at radius 3 is 2.87 bits per heavy atom. The number of nitrogens with one attached hydrogen (secondary N) is 1. The minimum absolute atomic E-state index is 0.142. The van der Waals surface area contributed by atoms with Crippen LogP contribution >= 0.6 is 0 Å². The van der Waals surface area contributed by atoms with Gasteiger partial charge in [0.15, 0.2) is 0 Å². The van der Waals surface area contributed by atoms with Gasteiger partial charge in [-0.15, -0.1) is 0 Å². The molecule has 1 aromatic rings. The maximum atomic E-state index is 12.9. The largest absolute Gasteiger partial charge is 0.349 e. The first-order valence-electron chi connectivity index (χ1n) is 4.59. The summed E-state index contributed by atoms with van der Waals surface area (Å²) in [5, 5.41) is 2.59. The minimum Gasteiger partial charge on any atom is -0.349 e. The van der Waals surface area contributed by atoms with Crippen LogP contribution in [-0.4, -0.2) is 12.2 Å². The molecule has 1 N–H and O–H groups in total. The number of carbonyl (C=O) groups excluding carboxylic acids is 2. The Morgan fingerprint density at radius 2 is 2.33 bits per heavy atom. The van der Waals surface area contributed by atoms with Gasteiger partial charge in [-0.2, -0.15) is 0 Å². The van der Waals surface area contributed by atoms with Gasteiger partial charge < -0.3 is 10.1 Å². The van der Waals surface area contributed by atoms with Crippen LogP contribution in [0, 0.1) is 5.82 Å². The van der Waals surface area contributed by atoms with E-state index in [4.69, 9.17) is 0 Å². The number of aldehydes is 1. The number of hydrogen-bond acceptors (Lipinski definition) is 2. The molecule has 0 spiro atoms. The zero-order chi connectivity index (χ0) is 11.3. The van der Waals surface area contributed by atoms with E-state index in [1.165, 1.54) is 19.1 Å². The molecule has 1 rings (SSSR count). The van der Waals surface area contributed by atoms with Crippen LogP contribution in [0.4, 0.5) is 4.39 Å². The summed E-state index contributed by atoms with van der Waals surface area (Å²) in [4.78, 5) is 21.3. The third-order valence-electron chi connectivity index (χ3n) is 1.96. The third kappa shape index (κ3) is 3.50. The van der Waals surface area contributed by atoms with Crippen LogP contribution in [0.5, 0.6) is 0 Å². The van der Waals surface area contributed by atoms with Crippen molar-refractivity contribution in [2.45, 2.75) is 19.4 Å². The van der Waals surface area contributed by atoms with Crippen molar-refractivity contribution in [1.29, 1.82) is 0 Å². The van der Waals surface area contributed by atoms with E-state index >= 15 is 0 Å². The molecule has 0 aliphatic rings. The number of hydrogen-bond donors (Lipinski definition) is 1. The normalized spacial score (nSPS) is 11.9. The third-order valence-corrected chi connectivity index (χ3v) is 1.96. The lowest BCUT2D eigenvalue weighted by molar-refractivity contribution is -0.119. The second kappa shape index (κ2) is 5.24. The second-order valence-electron chi connectivity index (χ2n) is 3.21. The van der Waals surface area contributed by atoms with Gasteiger partial charge in [-0.25, -0.2) is 4.39 Å². The van der Waals surface area contributed by atoms with Gasteiger partial charge in [-0.3, -0.25) is 4.79 Å². The molecule has 0 bridgehead atoms. The average molecular weight is 209 g/mol. The highest BCUT2D eigenvalue weighted by molar-refractivity contribution is 5.74. The lowest BCUT2D eigenvalue weighted by atomic mass is 10.0. The first-order valence-corrected chi connectivity index (χ1v) is 4.59. The lowest BCUT2D eigenvalue weighted by Gasteiger charge is -2.15. The van der Waals surface area contributed by atoms with Crippen LogP contribution in [0.3, 0.4) is 0 Å². The molecule has 15 heavy (non-hydrogen) atoms. The molecule has 0 radical (unpaired) electrons. The molecular weight excluding hydrogens is 197 g/mol. The molecule has 3 nitrogen and oxygen atoms in total. The maximum absolute atomic E-state index is 12.9. The number of benzene rings is 1. The van der Waals surface area contributed by atoms with Crippen LogP contribution in [-0.2, 0) is 9.59 Å². The molecule has 1 amide bonds. The molecule has 80 valence electrons. The van der Waals surface area contributed by atoms with Crippen molar-refractivity contribution in [3.63, 3.8) is 0 Å². The van der Waals surface area contributed by atoms with E-state index in [0.717, 1.165) is 0 Å². The summed E-state index contributed by atoms with van der Waals surface area (Å²) >= 11 is 0. The van der Waals surface area contributed by atoms with Crippen molar-refractivity contribution in [2.75, 3.05) is 0 Å². The van der Waals surface area contributed by atoms with E-state index in [1.807, 2.05) is 0 Å². The molecule has 1 aromatic carbocycles. The van der Waals surface area contributed by atoms with Crippen LogP contribution in [0.1, 0.15) is 24.9 Å². The zero-order valence-corrected chi connectivity index (χ0v) is 8.37. The van der Waals surface area contributed by atoms with E-state index in [9.17, 15) is 14.0 Å². The summed E-state index contributed by atoms with van der Waals surface area (Å²) in [6.45, 7) is 1.36. The fourth-order valence-electron chi connectivity index (χ4n) is 1.34. The summed E-state index contributed by atoms with van der Waals surface area (Å²) in [7, 11) is 0. The van der Waals surface area contributed by atoms with Gasteiger partial charge in [0, 0.05) is 13.3 Å². The summed E-state index contributed by atoms with van der Waals surface area (Å²) in [6.07, 6.45) is 0.842. The van der Waals surface area contributed by atoms with Crippen molar-refractivity contribution >= 4 is 12.2 Å². The van der Waals surface area contributed by atoms with Crippen LogP contribution < -0.4 is 5.32 Å². The number of amides is 1. The predicted molar refractivity (Wildman–Crippen MR) is 53.6 cm³/mol. The molecule has 0 saturated heterocycles. The molecule has 0 aliphatic heterocycles. The fraction of sp³-hybridized carbons (Fsp3) is 0.273.